The van der Waals surface area contributed by atoms with Crippen molar-refractivity contribution in [1.29, 1.82) is 0 Å². The van der Waals surface area contributed by atoms with Crippen molar-refractivity contribution in [2.75, 3.05) is 5.75 Å². The molecule has 3 aromatic rings. The first-order valence-electron chi connectivity index (χ1n) is 10.7. The smallest absolute Gasteiger partial charge is 0.261 e. The number of thioether (sulfide) groups is 1. The Kier molecular flexibility index (Phi) is 5.14. The second kappa shape index (κ2) is 7.96. The van der Waals surface area contributed by atoms with Gasteiger partial charge in [0.25, 0.3) is 11.5 Å². The molecule has 0 bridgehead atoms. The zero-order valence-electron chi connectivity index (χ0n) is 17.7. The van der Waals surface area contributed by atoms with Crippen LogP contribution < -0.4 is 5.56 Å². The van der Waals surface area contributed by atoms with E-state index in [2.05, 4.69) is 11.9 Å². The van der Waals surface area contributed by atoms with Crippen LogP contribution in [0.5, 0.6) is 0 Å². The normalized spacial score (nSPS) is 19.4. The highest BCUT2D eigenvalue weighted by molar-refractivity contribution is 8.14. The number of carbonyl (C=O) groups excluding carboxylic acids is 1. The van der Waals surface area contributed by atoms with Crippen molar-refractivity contribution in [1.82, 2.24) is 14.5 Å². The van der Waals surface area contributed by atoms with Gasteiger partial charge in [0.1, 0.15) is 5.82 Å². The highest BCUT2D eigenvalue weighted by atomic mass is 32.2. The molecule has 0 spiro atoms. The van der Waals surface area contributed by atoms with Gasteiger partial charge < -0.3 is 0 Å². The number of amidine groups is 1. The van der Waals surface area contributed by atoms with Gasteiger partial charge in [-0.25, -0.2) is 9.98 Å². The van der Waals surface area contributed by atoms with Crippen LogP contribution >= 0.6 is 11.8 Å². The number of hydrogen-bond donors (Lipinski definition) is 0. The minimum atomic E-state index is -0.0902. The van der Waals surface area contributed by atoms with Gasteiger partial charge in [0, 0.05) is 30.3 Å². The van der Waals surface area contributed by atoms with Crippen LogP contribution in [0.25, 0.3) is 10.9 Å². The van der Waals surface area contributed by atoms with Crippen LogP contribution in [0.3, 0.4) is 0 Å². The Morgan fingerprint density at radius 3 is 2.94 bits per heavy atom. The number of hydrogen-bond acceptors (Lipinski definition) is 5. The molecular formula is C24H24N4O2S. The first-order chi connectivity index (χ1) is 15.0. The van der Waals surface area contributed by atoms with Crippen molar-refractivity contribution in [2.45, 2.75) is 45.7 Å². The lowest BCUT2D eigenvalue weighted by Crippen LogP contribution is -2.39. The molecule has 0 N–H and O–H groups in total. The third-order valence-corrected chi connectivity index (χ3v) is 7.05. The van der Waals surface area contributed by atoms with Gasteiger partial charge in [0.15, 0.2) is 5.17 Å². The highest BCUT2D eigenvalue weighted by Gasteiger charge is 2.35. The standard InChI is InChI=1S/C24H24N4O2S/c1-3-18-14-31-24(25-17-7-4-6-15(2)12-17)28(18)22(29)16-9-10-19-20(13-16)26-21-8-5-11-27(21)23(19)30/h4,6-7,9-10,12-13,18H,3,5,8,11,14H2,1-2H3/t18-/m0/s1. The summed E-state index contributed by atoms with van der Waals surface area (Å²) in [5.41, 5.74) is 3.11. The molecule has 1 aromatic heterocycles. The predicted octanol–water partition coefficient (Wildman–Crippen LogP) is 4.31. The van der Waals surface area contributed by atoms with Crippen molar-refractivity contribution in [2.24, 2.45) is 4.99 Å². The summed E-state index contributed by atoms with van der Waals surface area (Å²) in [6, 6.07) is 13.3. The Labute approximate surface area is 185 Å². The second-order valence-electron chi connectivity index (χ2n) is 8.10. The summed E-state index contributed by atoms with van der Waals surface area (Å²) in [5.74, 6) is 1.55. The molecule has 1 saturated heterocycles. The lowest BCUT2D eigenvalue weighted by molar-refractivity contribution is 0.0819. The molecule has 6 nitrogen and oxygen atoms in total. The number of rotatable bonds is 3. The largest absolute Gasteiger partial charge is 0.296 e. The summed E-state index contributed by atoms with van der Waals surface area (Å²) >= 11 is 1.62. The zero-order chi connectivity index (χ0) is 21.5. The molecule has 0 saturated carbocycles. The van der Waals surface area contributed by atoms with Crippen LogP contribution in [0.1, 0.15) is 41.5 Å². The fourth-order valence-corrected chi connectivity index (χ4v) is 5.54. The molecule has 31 heavy (non-hydrogen) atoms. The van der Waals surface area contributed by atoms with Crippen LogP contribution in [0.4, 0.5) is 5.69 Å². The van der Waals surface area contributed by atoms with Gasteiger partial charge in [-0.05, 0) is 55.7 Å². The van der Waals surface area contributed by atoms with Gasteiger partial charge in [-0.2, -0.15) is 0 Å². The maximum absolute atomic E-state index is 13.6. The molecular weight excluding hydrogens is 408 g/mol. The Hall–Kier alpha value is -2.93. The van der Waals surface area contributed by atoms with Crippen LogP contribution in [0.2, 0.25) is 0 Å². The van der Waals surface area contributed by atoms with Gasteiger partial charge >= 0.3 is 0 Å². The maximum Gasteiger partial charge on any atom is 0.261 e. The molecule has 1 atom stereocenters. The van der Waals surface area contributed by atoms with E-state index in [-0.39, 0.29) is 17.5 Å². The number of amides is 1. The number of aromatic nitrogens is 2. The molecule has 2 aliphatic heterocycles. The van der Waals surface area contributed by atoms with Crippen LogP contribution in [0, 0.1) is 6.92 Å². The molecule has 0 unspecified atom stereocenters. The van der Waals surface area contributed by atoms with E-state index in [0.717, 1.165) is 53.8 Å². The third-order valence-electron chi connectivity index (χ3n) is 5.96. The van der Waals surface area contributed by atoms with Gasteiger partial charge in [-0.1, -0.05) is 30.8 Å². The van der Waals surface area contributed by atoms with Crippen molar-refractivity contribution < 1.29 is 4.79 Å². The van der Waals surface area contributed by atoms with Crippen LogP contribution in [0.15, 0.2) is 52.3 Å². The Bertz CT molecular complexity index is 1280. The number of fused-ring (bicyclic) bond motifs is 2. The first-order valence-corrected chi connectivity index (χ1v) is 11.7. The molecule has 5 rings (SSSR count). The topological polar surface area (TPSA) is 67.6 Å². The van der Waals surface area contributed by atoms with E-state index in [0.29, 0.717) is 16.5 Å². The first kappa shape index (κ1) is 20.0. The lowest BCUT2D eigenvalue weighted by Gasteiger charge is -2.23. The Morgan fingerprint density at radius 2 is 2.13 bits per heavy atom. The molecule has 7 heteroatoms. The number of aliphatic imine (C=N–C) groups is 1. The molecule has 158 valence electrons. The second-order valence-corrected chi connectivity index (χ2v) is 9.09. The fourth-order valence-electron chi connectivity index (χ4n) is 4.27. The summed E-state index contributed by atoms with van der Waals surface area (Å²) in [6.45, 7) is 4.84. The van der Waals surface area contributed by atoms with E-state index in [1.54, 1.807) is 34.5 Å². The van der Waals surface area contributed by atoms with Crippen molar-refractivity contribution in [3.63, 3.8) is 0 Å². The molecule has 1 fully saturated rings. The van der Waals surface area contributed by atoms with Crippen molar-refractivity contribution in [3.05, 3.63) is 69.8 Å². The van der Waals surface area contributed by atoms with Crippen LogP contribution in [-0.2, 0) is 13.0 Å². The minimum Gasteiger partial charge on any atom is -0.296 e. The van der Waals surface area contributed by atoms with E-state index in [9.17, 15) is 9.59 Å². The summed E-state index contributed by atoms with van der Waals surface area (Å²) in [7, 11) is 0. The molecule has 2 aliphatic rings. The van der Waals surface area contributed by atoms with Gasteiger partial charge in [-0.15, -0.1) is 0 Å². The number of nitrogens with zero attached hydrogens (tertiary/aromatic N) is 4. The molecule has 0 aliphatic carbocycles. The van der Waals surface area contributed by atoms with Crippen molar-refractivity contribution in [3.8, 4) is 0 Å². The number of benzene rings is 2. The minimum absolute atomic E-state index is 0.0126. The predicted molar refractivity (Wildman–Crippen MR) is 125 cm³/mol. The number of carbonyl (C=O) groups is 1. The Morgan fingerprint density at radius 1 is 1.26 bits per heavy atom. The molecule has 2 aromatic carbocycles. The lowest BCUT2D eigenvalue weighted by atomic mass is 10.1. The van der Waals surface area contributed by atoms with Crippen molar-refractivity contribution >= 4 is 39.4 Å². The van der Waals surface area contributed by atoms with E-state index < -0.39 is 0 Å². The summed E-state index contributed by atoms with van der Waals surface area (Å²) in [6.07, 6.45) is 2.59. The average molecular weight is 433 g/mol. The maximum atomic E-state index is 13.6. The third kappa shape index (κ3) is 3.57. The van der Waals surface area contributed by atoms with Crippen LogP contribution in [-0.4, -0.2) is 37.3 Å². The Balaban J connectivity index is 1.54. The average Bonchev–Trinajstić information content (AvgIpc) is 3.40. The van der Waals surface area contributed by atoms with Gasteiger partial charge in [0.2, 0.25) is 0 Å². The quantitative estimate of drug-likeness (QED) is 0.619. The highest BCUT2D eigenvalue weighted by Crippen LogP contribution is 2.31. The van der Waals surface area contributed by atoms with Gasteiger partial charge in [0.05, 0.1) is 16.6 Å². The number of aryl methyl sites for hydroxylation is 2. The summed E-state index contributed by atoms with van der Waals surface area (Å²) < 4.78 is 1.75. The summed E-state index contributed by atoms with van der Waals surface area (Å²) in [5, 5.41) is 1.29. The van der Waals surface area contributed by atoms with E-state index in [1.165, 1.54) is 0 Å². The SMILES string of the molecule is CC[C@H]1CSC(=Nc2cccc(C)c2)N1C(=O)c1ccc2c(=O)n3c(nc2c1)CCC3. The summed E-state index contributed by atoms with van der Waals surface area (Å²) in [4.78, 5) is 37.6. The molecule has 3 heterocycles. The van der Waals surface area contributed by atoms with Gasteiger partial charge in [-0.3, -0.25) is 19.1 Å². The monoisotopic (exact) mass is 432 g/mol. The van der Waals surface area contributed by atoms with E-state index >= 15 is 0 Å². The van der Waals surface area contributed by atoms with E-state index in [1.807, 2.05) is 36.1 Å². The zero-order valence-corrected chi connectivity index (χ0v) is 18.5. The molecule has 0 radical (unpaired) electrons. The van der Waals surface area contributed by atoms with E-state index in [4.69, 9.17) is 4.99 Å². The fraction of sp³-hybridized carbons (Fsp3) is 0.333. The molecule has 1 amide bonds.